The van der Waals surface area contributed by atoms with Crippen molar-refractivity contribution in [2.45, 2.75) is 39.0 Å². The van der Waals surface area contributed by atoms with Gasteiger partial charge in [-0.2, -0.15) is 0 Å². The molecule has 0 spiro atoms. The fourth-order valence-electron chi connectivity index (χ4n) is 1.30. The molecule has 19 heavy (non-hydrogen) atoms. The molecule has 0 aliphatic rings. The van der Waals surface area contributed by atoms with E-state index in [-0.39, 0.29) is 12.6 Å². The van der Waals surface area contributed by atoms with E-state index in [4.69, 9.17) is 15.2 Å². The first kappa shape index (κ1) is 15.9. The quantitative estimate of drug-likeness (QED) is 0.862. The highest BCUT2D eigenvalue weighted by Gasteiger charge is 2.17. The lowest BCUT2D eigenvalue weighted by Crippen LogP contribution is -2.36. The molecule has 0 aliphatic heterocycles. The van der Waals surface area contributed by atoms with Crippen LogP contribution in [0.4, 0.5) is 4.79 Å². The normalized spacial score (nSPS) is 13.1. The van der Waals surface area contributed by atoms with Gasteiger partial charge in [-0.15, -0.1) is 11.3 Å². The third-order valence-corrected chi connectivity index (χ3v) is 2.92. The molecule has 0 bridgehead atoms. The molecule has 3 N–H and O–H groups in total. The topological polar surface area (TPSA) is 86.5 Å². The first-order valence-electron chi connectivity index (χ1n) is 5.97. The standard InChI is InChI=1S/C12H21N3O3S/c1-12(2,3)18-11(16)14-5-8(13)9-7-19-10(15-9)6-17-4/h7-8H,5-6,13H2,1-4H3,(H,14,16). The molecular formula is C12H21N3O3S. The van der Waals surface area contributed by atoms with Gasteiger partial charge in [0.1, 0.15) is 10.6 Å². The lowest BCUT2D eigenvalue weighted by Gasteiger charge is -2.20. The van der Waals surface area contributed by atoms with Crippen LogP contribution in [0.1, 0.15) is 37.5 Å². The van der Waals surface area contributed by atoms with E-state index in [1.54, 1.807) is 7.11 Å². The number of carbonyl (C=O) groups is 1. The summed E-state index contributed by atoms with van der Waals surface area (Å²) in [5, 5.41) is 5.36. The zero-order valence-corrected chi connectivity index (χ0v) is 12.5. The summed E-state index contributed by atoms with van der Waals surface area (Å²) < 4.78 is 10.1. The summed E-state index contributed by atoms with van der Waals surface area (Å²) in [6.07, 6.45) is -0.477. The Hall–Kier alpha value is -1.18. The average molecular weight is 287 g/mol. The number of alkyl carbamates (subject to hydrolysis) is 1. The summed E-state index contributed by atoms with van der Waals surface area (Å²) in [6.45, 7) is 6.18. The molecule has 1 rings (SSSR count). The fraction of sp³-hybridized carbons (Fsp3) is 0.667. The average Bonchev–Trinajstić information content (AvgIpc) is 2.73. The minimum Gasteiger partial charge on any atom is -0.444 e. The maximum absolute atomic E-state index is 11.5. The van der Waals surface area contributed by atoms with Gasteiger partial charge >= 0.3 is 6.09 Å². The molecular weight excluding hydrogens is 266 g/mol. The van der Waals surface area contributed by atoms with E-state index in [2.05, 4.69) is 10.3 Å². The third-order valence-electron chi connectivity index (χ3n) is 2.08. The number of carbonyl (C=O) groups excluding carboxylic acids is 1. The molecule has 1 aromatic rings. The number of hydrogen-bond donors (Lipinski definition) is 2. The lowest BCUT2D eigenvalue weighted by atomic mass is 10.2. The Morgan fingerprint density at radius 3 is 2.84 bits per heavy atom. The summed E-state index contributed by atoms with van der Waals surface area (Å²) in [5.41, 5.74) is 6.18. The molecule has 1 heterocycles. The molecule has 7 heteroatoms. The van der Waals surface area contributed by atoms with Gasteiger partial charge in [0.25, 0.3) is 0 Å². The fourth-order valence-corrected chi connectivity index (χ4v) is 2.13. The molecule has 1 aromatic heterocycles. The molecule has 108 valence electrons. The summed E-state index contributed by atoms with van der Waals surface area (Å²) in [7, 11) is 1.62. The van der Waals surface area contributed by atoms with E-state index in [0.717, 1.165) is 10.7 Å². The highest BCUT2D eigenvalue weighted by Crippen LogP contribution is 2.15. The first-order valence-corrected chi connectivity index (χ1v) is 6.85. The van der Waals surface area contributed by atoms with Gasteiger partial charge in [0.2, 0.25) is 0 Å². The Kier molecular flexibility index (Phi) is 5.71. The van der Waals surface area contributed by atoms with Crippen LogP contribution in [0.25, 0.3) is 0 Å². The number of thiazole rings is 1. The SMILES string of the molecule is COCc1nc(C(N)CNC(=O)OC(C)(C)C)cs1. The molecule has 0 aliphatic carbocycles. The van der Waals surface area contributed by atoms with Crippen molar-refractivity contribution >= 4 is 17.4 Å². The molecule has 1 atom stereocenters. The summed E-state index contributed by atoms with van der Waals surface area (Å²) >= 11 is 1.49. The number of methoxy groups -OCH3 is 1. The predicted octanol–water partition coefficient (Wildman–Crippen LogP) is 1.81. The highest BCUT2D eigenvalue weighted by molar-refractivity contribution is 7.09. The number of nitrogens with zero attached hydrogens (tertiary/aromatic N) is 1. The summed E-state index contributed by atoms with van der Waals surface area (Å²) in [5.74, 6) is 0. The second-order valence-corrected chi connectivity index (χ2v) is 6.03. The lowest BCUT2D eigenvalue weighted by molar-refractivity contribution is 0.0524. The smallest absolute Gasteiger partial charge is 0.407 e. The Labute approximate surface area is 117 Å². The Morgan fingerprint density at radius 2 is 2.26 bits per heavy atom. The van der Waals surface area contributed by atoms with Crippen LogP contribution < -0.4 is 11.1 Å². The molecule has 0 aromatic carbocycles. The van der Waals surface area contributed by atoms with Crippen LogP contribution in [0.3, 0.4) is 0 Å². The molecule has 0 saturated carbocycles. The second kappa shape index (κ2) is 6.83. The Morgan fingerprint density at radius 1 is 1.58 bits per heavy atom. The van der Waals surface area contributed by atoms with Crippen molar-refractivity contribution in [3.05, 3.63) is 16.1 Å². The van der Waals surface area contributed by atoms with Crippen molar-refractivity contribution in [3.63, 3.8) is 0 Å². The van der Waals surface area contributed by atoms with Gasteiger partial charge in [-0.3, -0.25) is 0 Å². The van der Waals surface area contributed by atoms with Crippen LogP contribution in [0.15, 0.2) is 5.38 Å². The monoisotopic (exact) mass is 287 g/mol. The second-order valence-electron chi connectivity index (χ2n) is 5.09. The maximum atomic E-state index is 11.5. The number of nitrogens with two attached hydrogens (primary N) is 1. The van der Waals surface area contributed by atoms with Crippen molar-refractivity contribution in [1.82, 2.24) is 10.3 Å². The van der Waals surface area contributed by atoms with Crippen molar-refractivity contribution in [3.8, 4) is 0 Å². The highest BCUT2D eigenvalue weighted by atomic mass is 32.1. The van der Waals surface area contributed by atoms with Gasteiger partial charge in [0, 0.05) is 19.0 Å². The molecule has 0 radical (unpaired) electrons. The van der Waals surface area contributed by atoms with E-state index < -0.39 is 11.7 Å². The van der Waals surface area contributed by atoms with Crippen molar-refractivity contribution in [2.75, 3.05) is 13.7 Å². The minimum atomic E-state index is -0.513. The Balaban J connectivity index is 2.42. The van der Waals surface area contributed by atoms with E-state index in [9.17, 15) is 4.79 Å². The van der Waals surface area contributed by atoms with Crippen LogP contribution in [0.2, 0.25) is 0 Å². The van der Waals surface area contributed by atoms with Crippen molar-refractivity contribution < 1.29 is 14.3 Å². The van der Waals surface area contributed by atoms with Gasteiger partial charge in [-0.25, -0.2) is 9.78 Å². The predicted molar refractivity (Wildman–Crippen MR) is 74.0 cm³/mol. The van der Waals surface area contributed by atoms with Crippen LogP contribution >= 0.6 is 11.3 Å². The molecule has 1 unspecified atom stereocenters. The Bertz CT molecular complexity index is 415. The van der Waals surface area contributed by atoms with Gasteiger partial charge in [-0.05, 0) is 20.8 Å². The van der Waals surface area contributed by atoms with Crippen LogP contribution in [-0.4, -0.2) is 30.3 Å². The van der Waals surface area contributed by atoms with Crippen LogP contribution in [0, 0.1) is 0 Å². The zero-order chi connectivity index (χ0) is 14.5. The van der Waals surface area contributed by atoms with E-state index in [1.165, 1.54) is 11.3 Å². The van der Waals surface area contributed by atoms with Gasteiger partial charge in [0.15, 0.2) is 0 Å². The minimum absolute atomic E-state index is 0.283. The zero-order valence-electron chi connectivity index (χ0n) is 11.7. The number of hydrogen-bond acceptors (Lipinski definition) is 6. The van der Waals surface area contributed by atoms with Gasteiger partial charge in [-0.1, -0.05) is 0 Å². The molecule has 0 fully saturated rings. The number of aromatic nitrogens is 1. The van der Waals surface area contributed by atoms with Crippen molar-refractivity contribution in [2.24, 2.45) is 5.73 Å². The third kappa shape index (κ3) is 6.00. The number of ether oxygens (including phenoxy) is 2. The molecule has 1 amide bonds. The maximum Gasteiger partial charge on any atom is 0.407 e. The van der Waals surface area contributed by atoms with Crippen LogP contribution in [0.5, 0.6) is 0 Å². The van der Waals surface area contributed by atoms with Gasteiger partial charge < -0.3 is 20.5 Å². The number of nitrogens with one attached hydrogen (secondary N) is 1. The number of rotatable bonds is 5. The summed E-state index contributed by atoms with van der Waals surface area (Å²) in [4.78, 5) is 15.8. The first-order chi connectivity index (χ1) is 8.81. The van der Waals surface area contributed by atoms with Crippen LogP contribution in [-0.2, 0) is 16.1 Å². The van der Waals surface area contributed by atoms with Gasteiger partial charge in [0.05, 0.1) is 18.3 Å². The summed E-state index contributed by atoms with van der Waals surface area (Å²) in [6, 6.07) is -0.352. The molecule has 0 saturated heterocycles. The van der Waals surface area contributed by atoms with E-state index in [1.807, 2.05) is 26.2 Å². The van der Waals surface area contributed by atoms with E-state index >= 15 is 0 Å². The largest absolute Gasteiger partial charge is 0.444 e. The molecule has 6 nitrogen and oxygen atoms in total. The van der Waals surface area contributed by atoms with Crippen molar-refractivity contribution in [1.29, 1.82) is 0 Å². The number of amides is 1. The van der Waals surface area contributed by atoms with E-state index in [0.29, 0.717) is 6.61 Å².